The molecule has 0 aliphatic carbocycles. The van der Waals surface area contributed by atoms with E-state index < -0.39 is 0 Å². The Labute approximate surface area is 73.8 Å². The highest BCUT2D eigenvalue weighted by Gasteiger charge is 2.00. The zero-order valence-corrected chi connectivity index (χ0v) is 8.04. The topological polar surface area (TPSA) is 29.9 Å². The van der Waals surface area contributed by atoms with Gasteiger partial charge in [-0.05, 0) is 13.3 Å². The Bertz CT molecular complexity index is 229. The molecule has 1 unspecified atom stereocenters. The molecule has 68 valence electrons. The molecule has 0 aromatic carbocycles. The fourth-order valence-electron chi connectivity index (χ4n) is 1.29. The van der Waals surface area contributed by atoms with Crippen LogP contribution in [0, 0.1) is 0 Å². The maximum atomic E-state index is 4.08. The van der Waals surface area contributed by atoms with Crippen LogP contribution in [-0.4, -0.2) is 15.8 Å². The van der Waals surface area contributed by atoms with Crippen LogP contribution >= 0.6 is 0 Å². The van der Waals surface area contributed by atoms with Crippen molar-refractivity contribution in [2.75, 3.05) is 5.32 Å². The largest absolute Gasteiger partial charge is 0.380 e. The van der Waals surface area contributed by atoms with E-state index in [0.29, 0.717) is 6.04 Å². The van der Waals surface area contributed by atoms with Gasteiger partial charge in [0, 0.05) is 19.3 Å². The Morgan fingerprint density at radius 3 is 2.92 bits per heavy atom. The number of nitrogens with one attached hydrogen (secondary N) is 1. The van der Waals surface area contributed by atoms with Crippen molar-refractivity contribution in [3.05, 3.63) is 12.4 Å². The molecule has 3 nitrogen and oxygen atoms in total. The minimum Gasteiger partial charge on any atom is -0.380 e. The molecule has 0 aliphatic heterocycles. The van der Waals surface area contributed by atoms with Gasteiger partial charge in [0.25, 0.3) is 0 Å². The quantitative estimate of drug-likeness (QED) is 0.743. The molecule has 12 heavy (non-hydrogen) atoms. The highest BCUT2D eigenvalue weighted by Crippen LogP contribution is 2.08. The first-order chi connectivity index (χ1) is 5.72. The van der Waals surface area contributed by atoms with Crippen molar-refractivity contribution >= 4 is 5.69 Å². The highest BCUT2D eigenvalue weighted by atomic mass is 15.3. The van der Waals surface area contributed by atoms with Gasteiger partial charge in [-0.2, -0.15) is 5.10 Å². The van der Waals surface area contributed by atoms with Gasteiger partial charge in [-0.15, -0.1) is 0 Å². The Balaban J connectivity index is 2.41. The van der Waals surface area contributed by atoms with E-state index in [1.54, 1.807) is 4.68 Å². The van der Waals surface area contributed by atoms with Crippen LogP contribution in [0.15, 0.2) is 12.4 Å². The molecule has 3 heteroatoms. The van der Waals surface area contributed by atoms with Gasteiger partial charge in [0.05, 0.1) is 11.9 Å². The zero-order valence-electron chi connectivity index (χ0n) is 8.04. The van der Waals surface area contributed by atoms with E-state index in [2.05, 4.69) is 24.3 Å². The highest BCUT2D eigenvalue weighted by molar-refractivity contribution is 5.38. The van der Waals surface area contributed by atoms with Gasteiger partial charge in [0.15, 0.2) is 0 Å². The summed E-state index contributed by atoms with van der Waals surface area (Å²) in [6.07, 6.45) is 6.27. The van der Waals surface area contributed by atoms with E-state index in [9.17, 15) is 0 Å². The monoisotopic (exact) mass is 167 g/mol. The number of rotatable bonds is 4. The third-order valence-electron chi connectivity index (χ3n) is 1.84. The Hall–Kier alpha value is -0.990. The Morgan fingerprint density at radius 2 is 2.42 bits per heavy atom. The molecule has 1 atom stereocenters. The number of anilines is 1. The lowest BCUT2D eigenvalue weighted by Gasteiger charge is -2.11. The van der Waals surface area contributed by atoms with Crippen molar-refractivity contribution in [3.8, 4) is 0 Å². The average molecular weight is 167 g/mol. The molecule has 1 aromatic heterocycles. The first kappa shape index (κ1) is 9.10. The van der Waals surface area contributed by atoms with E-state index in [1.807, 2.05) is 19.4 Å². The molecule has 1 N–H and O–H groups in total. The number of aryl methyl sites for hydroxylation is 1. The van der Waals surface area contributed by atoms with E-state index >= 15 is 0 Å². The first-order valence-corrected chi connectivity index (χ1v) is 4.47. The second kappa shape index (κ2) is 4.14. The summed E-state index contributed by atoms with van der Waals surface area (Å²) >= 11 is 0. The number of hydrogen-bond acceptors (Lipinski definition) is 2. The van der Waals surface area contributed by atoms with E-state index in [1.165, 1.54) is 12.8 Å². The average Bonchev–Trinajstić information content (AvgIpc) is 2.36. The van der Waals surface area contributed by atoms with Crippen molar-refractivity contribution < 1.29 is 0 Å². The van der Waals surface area contributed by atoms with Crippen molar-refractivity contribution in [2.45, 2.75) is 32.7 Å². The van der Waals surface area contributed by atoms with Crippen molar-refractivity contribution in [3.63, 3.8) is 0 Å². The SMILES string of the molecule is CCCC(C)Nc1cnn(C)c1. The molecule has 0 spiro atoms. The molecule has 0 saturated carbocycles. The van der Waals surface area contributed by atoms with Crippen LogP contribution in [0.1, 0.15) is 26.7 Å². The fourth-order valence-corrected chi connectivity index (χ4v) is 1.29. The van der Waals surface area contributed by atoms with Gasteiger partial charge in [-0.3, -0.25) is 4.68 Å². The molecule has 0 fully saturated rings. The third kappa shape index (κ3) is 2.57. The molecule has 0 bridgehead atoms. The standard InChI is InChI=1S/C9H17N3/c1-4-5-8(2)11-9-6-10-12(3)7-9/h6-8,11H,4-5H2,1-3H3. The third-order valence-corrected chi connectivity index (χ3v) is 1.84. The minimum atomic E-state index is 0.541. The summed E-state index contributed by atoms with van der Waals surface area (Å²) in [5.41, 5.74) is 1.11. The fraction of sp³-hybridized carbons (Fsp3) is 0.667. The maximum absolute atomic E-state index is 4.08. The predicted octanol–water partition coefficient (Wildman–Crippen LogP) is 2.02. The smallest absolute Gasteiger partial charge is 0.0728 e. The molecule has 0 amide bonds. The minimum absolute atomic E-state index is 0.541. The van der Waals surface area contributed by atoms with Crippen LogP contribution in [0.25, 0.3) is 0 Å². The van der Waals surface area contributed by atoms with Gasteiger partial charge >= 0.3 is 0 Å². The molecule has 0 aliphatic rings. The van der Waals surface area contributed by atoms with Crippen LogP contribution < -0.4 is 5.32 Å². The number of nitrogens with zero attached hydrogens (tertiary/aromatic N) is 2. The van der Waals surface area contributed by atoms with Crippen LogP contribution in [0.3, 0.4) is 0 Å². The molecule has 1 rings (SSSR count). The maximum Gasteiger partial charge on any atom is 0.0728 e. The van der Waals surface area contributed by atoms with Crippen LogP contribution in [0.4, 0.5) is 5.69 Å². The van der Waals surface area contributed by atoms with Crippen LogP contribution in [0.2, 0.25) is 0 Å². The second-order valence-corrected chi connectivity index (χ2v) is 3.24. The van der Waals surface area contributed by atoms with Gasteiger partial charge in [0.1, 0.15) is 0 Å². The van der Waals surface area contributed by atoms with Gasteiger partial charge in [0.2, 0.25) is 0 Å². The number of hydrogen-bond donors (Lipinski definition) is 1. The summed E-state index contributed by atoms with van der Waals surface area (Å²) < 4.78 is 1.81. The Kier molecular flexibility index (Phi) is 3.14. The second-order valence-electron chi connectivity index (χ2n) is 3.24. The van der Waals surface area contributed by atoms with Crippen molar-refractivity contribution in [1.82, 2.24) is 9.78 Å². The normalized spacial score (nSPS) is 12.9. The first-order valence-electron chi connectivity index (χ1n) is 4.47. The van der Waals surface area contributed by atoms with Crippen molar-refractivity contribution in [2.24, 2.45) is 7.05 Å². The summed E-state index contributed by atoms with van der Waals surface area (Å²) in [4.78, 5) is 0. The molecule has 0 radical (unpaired) electrons. The molecule has 1 aromatic rings. The predicted molar refractivity (Wildman–Crippen MR) is 51.2 cm³/mol. The summed E-state index contributed by atoms with van der Waals surface area (Å²) in [5, 5.41) is 7.46. The van der Waals surface area contributed by atoms with E-state index in [4.69, 9.17) is 0 Å². The summed E-state index contributed by atoms with van der Waals surface area (Å²) in [6, 6.07) is 0.541. The van der Waals surface area contributed by atoms with Crippen molar-refractivity contribution in [1.29, 1.82) is 0 Å². The molecular weight excluding hydrogens is 150 g/mol. The van der Waals surface area contributed by atoms with Gasteiger partial charge < -0.3 is 5.32 Å². The molecule has 0 saturated heterocycles. The summed E-state index contributed by atoms with van der Waals surface area (Å²) in [5.74, 6) is 0. The lowest BCUT2D eigenvalue weighted by atomic mass is 10.2. The number of aromatic nitrogens is 2. The van der Waals surface area contributed by atoms with Gasteiger partial charge in [-0.25, -0.2) is 0 Å². The summed E-state index contributed by atoms with van der Waals surface area (Å²) in [7, 11) is 1.93. The lowest BCUT2D eigenvalue weighted by molar-refractivity contribution is 0.690. The van der Waals surface area contributed by atoms with E-state index in [0.717, 1.165) is 5.69 Å². The lowest BCUT2D eigenvalue weighted by Crippen LogP contribution is -2.13. The van der Waals surface area contributed by atoms with Crippen LogP contribution in [-0.2, 0) is 7.05 Å². The molecular formula is C9H17N3. The van der Waals surface area contributed by atoms with Crippen LogP contribution in [0.5, 0.6) is 0 Å². The van der Waals surface area contributed by atoms with Gasteiger partial charge in [-0.1, -0.05) is 13.3 Å². The molecule has 1 heterocycles. The summed E-state index contributed by atoms with van der Waals surface area (Å²) in [6.45, 7) is 4.39. The zero-order chi connectivity index (χ0) is 8.97. The Morgan fingerprint density at radius 1 is 1.67 bits per heavy atom. The van der Waals surface area contributed by atoms with E-state index in [-0.39, 0.29) is 0 Å².